The van der Waals surface area contributed by atoms with Gasteiger partial charge in [0, 0.05) is 45.2 Å². The fraction of sp³-hybridized carbons (Fsp3) is 0.625. The topological polar surface area (TPSA) is 90.9 Å². The van der Waals surface area contributed by atoms with Crippen LogP contribution in [0.2, 0.25) is 0 Å². The van der Waals surface area contributed by atoms with Crippen LogP contribution in [0.5, 0.6) is 0 Å². The van der Waals surface area contributed by atoms with E-state index in [1.54, 1.807) is 12.1 Å². The zero-order valence-corrected chi connectivity index (χ0v) is 14.5. The highest BCUT2D eigenvalue weighted by atomic mass is 32.2. The van der Waals surface area contributed by atoms with E-state index < -0.39 is 10.0 Å². The van der Waals surface area contributed by atoms with Crippen LogP contribution >= 0.6 is 0 Å². The minimum atomic E-state index is -3.50. The van der Waals surface area contributed by atoms with Crippen LogP contribution in [0, 0.1) is 5.92 Å². The summed E-state index contributed by atoms with van der Waals surface area (Å²) in [4.78, 5) is 0.351. The lowest BCUT2D eigenvalue weighted by molar-refractivity contribution is 0.0730. The smallest absolute Gasteiger partial charge is 0.243 e. The summed E-state index contributed by atoms with van der Waals surface area (Å²) in [6.07, 6.45) is -0.343. The van der Waals surface area contributed by atoms with E-state index in [4.69, 9.17) is 4.74 Å². The highest BCUT2D eigenvalue weighted by Crippen LogP contribution is 2.21. The van der Waals surface area contributed by atoms with E-state index in [2.05, 4.69) is 10.6 Å². The summed E-state index contributed by atoms with van der Waals surface area (Å²) >= 11 is 0. The molecule has 0 aromatic heterocycles. The Morgan fingerprint density at radius 1 is 1.25 bits per heavy atom. The molecular weight excluding hydrogens is 330 g/mol. The second-order valence-corrected chi connectivity index (χ2v) is 8.15. The van der Waals surface area contributed by atoms with Crippen LogP contribution in [-0.4, -0.2) is 69.9 Å². The summed E-state index contributed by atoms with van der Waals surface area (Å²) in [7, 11) is -3.50. The molecule has 134 valence electrons. The molecule has 2 aliphatic heterocycles. The van der Waals surface area contributed by atoms with Crippen LogP contribution in [-0.2, 0) is 21.3 Å². The number of β-amino-alcohol motifs (C(OH)–C–C–N with tert-alkyl or cyclic N) is 1. The molecule has 2 heterocycles. The van der Waals surface area contributed by atoms with Crippen LogP contribution in [0.1, 0.15) is 5.56 Å². The Morgan fingerprint density at radius 2 is 2.00 bits per heavy atom. The van der Waals surface area contributed by atoms with Crippen molar-refractivity contribution in [3.63, 3.8) is 0 Å². The Balaban J connectivity index is 1.68. The maximum Gasteiger partial charge on any atom is 0.243 e. The Kier molecular flexibility index (Phi) is 5.85. The number of aliphatic hydroxyl groups excluding tert-OH is 1. The minimum Gasteiger partial charge on any atom is -0.391 e. The first-order valence-corrected chi connectivity index (χ1v) is 9.78. The number of benzene rings is 1. The monoisotopic (exact) mass is 355 g/mol. The van der Waals surface area contributed by atoms with Crippen molar-refractivity contribution in [1.29, 1.82) is 0 Å². The number of aliphatic hydroxyl groups is 1. The summed E-state index contributed by atoms with van der Waals surface area (Å²) in [5, 5.41) is 16.3. The lowest BCUT2D eigenvalue weighted by atomic mass is 10.1. The molecule has 2 atom stereocenters. The first-order valence-electron chi connectivity index (χ1n) is 8.34. The molecule has 2 unspecified atom stereocenters. The summed E-state index contributed by atoms with van der Waals surface area (Å²) in [6, 6.07) is 7.10. The van der Waals surface area contributed by atoms with Gasteiger partial charge in [-0.15, -0.1) is 0 Å². The first-order chi connectivity index (χ1) is 11.6. The van der Waals surface area contributed by atoms with Gasteiger partial charge in [0.1, 0.15) is 0 Å². The average molecular weight is 355 g/mol. The number of rotatable bonds is 6. The number of morpholine rings is 1. The molecule has 0 bridgehead atoms. The zero-order chi connectivity index (χ0) is 17.0. The summed E-state index contributed by atoms with van der Waals surface area (Å²) in [5.74, 6) is 0.160. The minimum absolute atomic E-state index is 0.160. The highest BCUT2D eigenvalue weighted by Gasteiger charge is 2.28. The fourth-order valence-electron chi connectivity index (χ4n) is 3.15. The van der Waals surface area contributed by atoms with Gasteiger partial charge >= 0.3 is 0 Å². The molecule has 1 aromatic rings. The van der Waals surface area contributed by atoms with Gasteiger partial charge in [-0.25, -0.2) is 8.42 Å². The average Bonchev–Trinajstić information content (AvgIpc) is 3.01. The van der Waals surface area contributed by atoms with Crippen LogP contribution in [0.4, 0.5) is 0 Å². The standard InChI is InChI=1S/C16H25N3O4S/c20-15-12-18-11-14(15)10-17-9-13-3-1-2-4-16(13)24(21,22)19-5-7-23-8-6-19/h1-4,14-15,17-18,20H,5-12H2. The van der Waals surface area contributed by atoms with Crippen molar-refractivity contribution >= 4 is 10.0 Å². The first kappa shape index (κ1) is 17.8. The largest absolute Gasteiger partial charge is 0.391 e. The van der Waals surface area contributed by atoms with E-state index in [1.165, 1.54) is 4.31 Å². The van der Waals surface area contributed by atoms with E-state index >= 15 is 0 Å². The van der Waals surface area contributed by atoms with Crippen LogP contribution < -0.4 is 10.6 Å². The van der Waals surface area contributed by atoms with Gasteiger partial charge in [-0.05, 0) is 11.6 Å². The highest BCUT2D eigenvalue weighted by molar-refractivity contribution is 7.89. The van der Waals surface area contributed by atoms with Gasteiger partial charge in [0.2, 0.25) is 10.0 Å². The van der Waals surface area contributed by atoms with E-state index in [0.29, 0.717) is 50.8 Å². The Hall–Kier alpha value is -1.03. The second kappa shape index (κ2) is 7.90. The van der Waals surface area contributed by atoms with E-state index in [-0.39, 0.29) is 12.0 Å². The Bertz CT molecular complexity index is 646. The van der Waals surface area contributed by atoms with Gasteiger partial charge in [0.15, 0.2) is 0 Å². The summed E-state index contributed by atoms with van der Waals surface area (Å²) in [5.41, 5.74) is 0.754. The van der Waals surface area contributed by atoms with E-state index in [0.717, 1.165) is 12.1 Å². The van der Waals surface area contributed by atoms with Crippen molar-refractivity contribution in [2.45, 2.75) is 17.5 Å². The quantitative estimate of drug-likeness (QED) is 0.630. The molecule has 3 N–H and O–H groups in total. The molecule has 3 rings (SSSR count). The Morgan fingerprint density at radius 3 is 2.71 bits per heavy atom. The molecular formula is C16H25N3O4S. The van der Waals surface area contributed by atoms with Gasteiger partial charge in [0.25, 0.3) is 0 Å². The molecule has 2 saturated heterocycles. The van der Waals surface area contributed by atoms with Crippen molar-refractivity contribution in [2.24, 2.45) is 5.92 Å². The van der Waals surface area contributed by atoms with Crippen LogP contribution in [0.15, 0.2) is 29.2 Å². The predicted octanol–water partition coefficient (Wildman–Crippen LogP) is -0.623. The molecule has 0 saturated carbocycles. The van der Waals surface area contributed by atoms with E-state index in [1.807, 2.05) is 12.1 Å². The SMILES string of the molecule is O=S(=O)(c1ccccc1CNCC1CNCC1O)N1CCOCC1. The third kappa shape index (κ3) is 3.96. The van der Waals surface area contributed by atoms with Gasteiger partial charge in [-0.1, -0.05) is 18.2 Å². The van der Waals surface area contributed by atoms with Gasteiger partial charge < -0.3 is 20.5 Å². The third-order valence-corrected chi connectivity index (χ3v) is 6.59. The van der Waals surface area contributed by atoms with Crippen molar-refractivity contribution in [3.8, 4) is 0 Å². The molecule has 7 nitrogen and oxygen atoms in total. The summed E-state index contributed by atoms with van der Waals surface area (Å²) < 4.78 is 32.5. The fourth-order valence-corrected chi connectivity index (χ4v) is 4.78. The molecule has 0 aliphatic carbocycles. The Labute approximate surface area is 143 Å². The maximum absolute atomic E-state index is 12.9. The second-order valence-electron chi connectivity index (χ2n) is 6.24. The third-order valence-electron chi connectivity index (χ3n) is 4.59. The number of sulfonamides is 1. The van der Waals surface area contributed by atoms with Gasteiger partial charge in [-0.2, -0.15) is 4.31 Å². The molecule has 2 aliphatic rings. The number of hydrogen-bond donors (Lipinski definition) is 3. The number of nitrogens with zero attached hydrogens (tertiary/aromatic N) is 1. The maximum atomic E-state index is 12.9. The number of hydrogen-bond acceptors (Lipinski definition) is 6. The molecule has 2 fully saturated rings. The van der Waals surface area contributed by atoms with Gasteiger partial charge in [-0.3, -0.25) is 0 Å². The van der Waals surface area contributed by atoms with Crippen molar-refractivity contribution in [2.75, 3.05) is 45.9 Å². The number of ether oxygens (including phenoxy) is 1. The van der Waals surface area contributed by atoms with Crippen LogP contribution in [0.25, 0.3) is 0 Å². The molecule has 0 spiro atoms. The summed E-state index contributed by atoms with van der Waals surface area (Å²) in [6.45, 7) is 4.17. The lowest BCUT2D eigenvalue weighted by Gasteiger charge is -2.27. The number of nitrogens with one attached hydrogen (secondary N) is 2. The van der Waals surface area contributed by atoms with E-state index in [9.17, 15) is 13.5 Å². The zero-order valence-electron chi connectivity index (χ0n) is 13.6. The molecule has 8 heteroatoms. The molecule has 0 amide bonds. The lowest BCUT2D eigenvalue weighted by Crippen LogP contribution is -2.41. The molecule has 1 aromatic carbocycles. The normalized spacial score (nSPS) is 25.9. The van der Waals surface area contributed by atoms with Crippen LogP contribution in [0.3, 0.4) is 0 Å². The van der Waals surface area contributed by atoms with Crippen molar-refractivity contribution in [1.82, 2.24) is 14.9 Å². The van der Waals surface area contributed by atoms with Crippen molar-refractivity contribution < 1.29 is 18.3 Å². The molecule has 0 radical (unpaired) electrons. The van der Waals surface area contributed by atoms with Crippen molar-refractivity contribution in [3.05, 3.63) is 29.8 Å². The molecule has 24 heavy (non-hydrogen) atoms. The predicted molar refractivity (Wildman–Crippen MR) is 90.1 cm³/mol. The van der Waals surface area contributed by atoms with Gasteiger partial charge in [0.05, 0.1) is 24.2 Å².